The molecular weight excluding hydrogens is 248 g/mol. The van der Waals surface area contributed by atoms with Crippen LogP contribution in [0.4, 0.5) is 0 Å². The maximum Gasteiger partial charge on any atom is 0.127 e. The minimum Gasteiger partial charge on any atom is -0.490 e. The lowest BCUT2D eigenvalue weighted by atomic mass is 9.88. The molecule has 0 aliphatic heterocycles. The van der Waals surface area contributed by atoms with E-state index in [4.69, 9.17) is 4.74 Å². The monoisotopic (exact) mass is 276 g/mol. The average molecular weight is 276 g/mol. The highest BCUT2D eigenvalue weighted by atomic mass is 16.5. The first kappa shape index (κ1) is 15.3. The van der Waals surface area contributed by atoms with Crippen LogP contribution in [0.5, 0.6) is 5.75 Å². The van der Waals surface area contributed by atoms with Gasteiger partial charge in [0, 0.05) is 30.0 Å². The van der Waals surface area contributed by atoms with Crippen LogP contribution in [-0.4, -0.2) is 16.6 Å². The molecule has 0 radical (unpaired) electrons. The average Bonchev–Trinajstić information content (AvgIpc) is 2.39. The van der Waals surface area contributed by atoms with Crippen LogP contribution in [0.15, 0.2) is 18.5 Å². The zero-order valence-corrected chi connectivity index (χ0v) is 13.3. The van der Waals surface area contributed by atoms with Crippen LogP contribution in [0, 0.1) is 5.92 Å². The maximum atomic E-state index is 6.28. The van der Waals surface area contributed by atoms with Crippen LogP contribution in [0.3, 0.4) is 0 Å². The molecule has 1 N–H and O–H groups in total. The topological polar surface area (TPSA) is 34.1 Å². The molecule has 2 rings (SSSR count). The standard InChI is InChI=1S/C17H28N2O/c1-13-7-5-6-8-15(13)20-16-9-10-18-11-14(16)12-19-17(2,3)4/h9-11,13,15,19H,5-8,12H2,1-4H3. The molecule has 0 aromatic carbocycles. The van der Waals surface area contributed by atoms with E-state index in [-0.39, 0.29) is 5.54 Å². The lowest BCUT2D eigenvalue weighted by Gasteiger charge is -2.30. The summed E-state index contributed by atoms with van der Waals surface area (Å²) < 4.78 is 6.28. The van der Waals surface area contributed by atoms with Crippen LogP contribution in [0.25, 0.3) is 0 Å². The smallest absolute Gasteiger partial charge is 0.127 e. The molecule has 2 atom stereocenters. The fourth-order valence-corrected chi connectivity index (χ4v) is 2.64. The van der Waals surface area contributed by atoms with Crippen LogP contribution in [0.2, 0.25) is 0 Å². The minimum atomic E-state index is 0.102. The van der Waals surface area contributed by atoms with E-state index in [1.165, 1.54) is 25.7 Å². The Labute approximate surface area is 123 Å². The van der Waals surface area contributed by atoms with Gasteiger partial charge in [-0.2, -0.15) is 0 Å². The quantitative estimate of drug-likeness (QED) is 0.905. The number of rotatable bonds is 4. The van der Waals surface area contributed by atoms with Crippen LogP contribution in [-0.2, 0) is 6.54 Å². The molecular formula is C17H28N2O. The number of nitrogens with zero attached hydrogens (tertiary/aromatic N) is 1. The Hall–Kier alpha value is -1.09. The zero-order chi connectivity index (χ0) is 14.6. The first-order valence-electron chi connectivity index (χ1n) is 7.80. The van der Waals surface area contributed by atoms with E-state index in [0.717, 1.165) is 17.9 Å². The number of ether oxygens (including phenoxy) is 1. The van der Waals surface area contributed by atoms with Gasteiger partial charge < -0.3 is 10.1 Å². The third-order valence-electron chi connectivity index (χ3n) is 3.98. The number of aromatic nitrogens is 1. The number of hydrogen-bond donors (Lipinski definition) is 1. The van der Waals surface area contributed by atoms with Crippen molar-refractivity contribution in [2.24, 2.45) is 5.92 Å². The molecule has 1 heterocycles. The van der Waals surface area contributed by atoms with Gasteiger partial charge in [0.1, 0.15) is 11.9 Å². The molecule has 2 unspecified atom stereocenters. The molecule has 0 amide bonds. The van der Waals surface area contributed by atoms with E-state index in [1.54, 1.807) is 0 Å². The molecule has 3 heteroatoms. The zero-order valence-electron chi connectivity index (χ0n) is 13.3. The molecule has 3 nitrogen and oxygen atoms in total. The maximum absolute atomic E-state index is 6.28. The van der Waals surface area contributed by atoms with Crippen molar-refractivity contribution >= 4 is 0 Å². The third kappa shape index (κ3) is 4.48. The molecule has 0 saturated heterocycles. The van der Waals surface area contributed by atoms with Crippen molar-refractivity contribution in [3.8, 4) is 5.75 Å². The lowest BCUT2D eigenvalue weighted by Crippen LogP contribution is -2.35. The normalized spacial score (nSPS) is 23.6. The van der Waals surface area contributed by atoms with Crippen molar-refractivity contribution < 1.29 is 4.74 Å². The Morgan fingerprint density at radius 1 is 1.30 bits per heavy atom. The Kier molecular flexibility index (Phi) is 5.03. The summed E-state index contributed by atoms with van der Waals surface area (Å²) in [6, 6.07) is 2.00. The van der Waals surface area contributed by atoms with Crippen molar-refractivity contribution in [3.63, 3.8) is 0 Å². The van der Waals surface area contributed by atoms with Gasteiger partial charge in [0.2, 0.25) is 0 Å². The molecule has 20 heavy (non-hydrogen) atoms. The first-order chi connectivity index (χ1) is 9.46. The van der Waals surface area contributed by atoms with Gasteiger partial charge in [0.05, 0.1) is 0 Å². The van der Waals surface area contributed by atoms with Crippen molar-refractivity contribution in [3.05, 3.63) is 24.0 Å². The van der Waals surface area contributed by atoms with E-state index < -0.39 is 0 Å². The Bertz CT molecular complexity index is 425. The van der Waals surface area contributed by atoms with E-state index in [1.807, 2.05) is 18.5 Å². The number of pyridine rings is 1. The van der Waals surface area contributed by atoms with Gasteiger partial charge in [-0.25, -0.2) is 0 Å². The van der Waals surface area contributed by atoms with E-state index >= 15 is 0 Å². The highest BCUT2D eigenvalue weighted by Gasteiger charge is 2.23. The van der Waals surface area contributed by atoms with Gasteiger partial charge in [-0.05, 0) is 52.0 Å². The number of nitrogens with one attached hydrogen (secondary N) is 1. The highest BCUT2D eigenvalue weighted by Crippen LogP contribution is 2.29. The molecule has 0 spiro atoms. The second-order valence-corrected chi connectivity index (χ2v) is 7.00. The summed E-state index contributed by atoms with van der Waals surface area (Å²) in [6.07, 6.45) is 9.19. The molecule has 112 valence electrons. The highest BCUT2D eigenvalue weighted by molar-refractivity contribution is 5.30. The fraction of sp³-hybridized carbons (Fsp3) is 0.706. The molecule has 1 aromatic rings. The third-order valence-corrected chi connectivity index (χ3v) is 3.98. The van der Waals surface area contributed by atoms with Crippen molar-refractivity contribution in [1.82, 2.24) is 10.3 Å². The summed E-state index contributed by atoms with van der Waals surface area (Å²) in [7, 11) is 0. The molecule has 1 saturated carbocycles. The molecule has 1 aliphatic rings. The summed E-state index contributed by atoms with van der Waals surface area (Å²) in [6.45, 7) is 9.62. The van der Waals surface area contributed by atoms with Crippen LogP contribution >= 0.6 is 0 Å². The minimum absolute atomic E-state index is 0.102. The second-order valence-electron chi connectivity index (χ2n) is 7.00. The van der Waals surface area contributed by atoms with E-state index in [0.29, 0.717) is 12.0 Å². The van der Waals surface area contributed by atoms with Crippen molar-refractivity contribution in [2.45, 2.75) is 71.6 Å². The van der Waals surface area contributed by atoms with Gasteiger partial charge in [-0.15, -0.1) is 0 Å². The van der Waals surface area contributed by atoms with E-state index in [9.17, 15) is 0 Å². The van der Waals surface area contributed by atoms with Crippen molar-refractivity contribution in [2.75, 3.05) is 0 Å². The Morgan fingerprint density at radius 2 is 2.05 bits per heavy atom. The van der Waals surface area contributed by atoms with Gasteiger partial charge in [-0.1, -0.05) is 13.3 Å². The second kappa shape index (κ2) is 6.57. The number of hydrogen-bond acceptors (Lipinski definition) is 3. The summed E-state index contributed by atoms with van der Waals surface area (Å²) in [5.41, 5.74) is 1.26. The van der Waals surface area contributed by atoms with Crippen LogP contribution < -0.4 is 10.1 Å². The van der Waals surface area contributed by atoms with E-state index in [2.05, 4.69) is 38.0 Å². The van der Waals surface area contributed by atoms with Gasteiger partial charge >= 0.3 is 0 Å². The predicted molar refractivity (Wildman–Crippen MR) is 82.9 cm³/mol. The van der Waals surface area contributed by atoms with Crippen LogP contribution in [0.1, 0.15) is 58.9 Å². The fourth-order valence-electron chi connectivity index (χ4n) is 2.64. The lowest BCUT2D eigenvalue weighted by molar-refractivity contribution is 0.101. The molecule has 0 bridgehead atoms. The Balaban J connectivity index is 2.03. The SMILES string of the molecule is CC1CCCCC1Oc1ccncc1CNC(C)(C)C. The first-order valence-corrected chi connectivity index (χ1v) is 7.80. The molecule has 1 aliphatic carbocycles. The molecule has 1 aromatic heterocycles. The molecule has 1 fully saturated rings. The summed E-state index contributed by atoms with van der Waals surface area (Å²) in [5.74, 6) is 1.65. The summed E-state index contributed by atoms with van der Waals surface area (Å²) in [4.78, 5) is 4.24. The predicted octanol–water partition coefficient (Wildman–Crippen LogP) is 3.93. The van der Waals surface area contributed by atoms with Gasteiger partial charge in [0.25, 0.3) is 0 Å². The van der Waals surface area contributed by atoms with Crippen molar-refractivity contribution in [1.29, 1.82) is 0 Å². The summed E-state index contributed by atoms with van der Waals surface area (Å²) in [5, 5.41) is 3.51. The van der Waals surface area contributed by atoms with Gasteiger partial charge in [-0.3, -0.25) is 4.98 Å². The Morgan fingerprint density at radius 3 is 2.75 bits per heavy atom. The summed E-state index contributed by atoms with van der Waals surface area (Å²) >= 11 is 0. The largest absolute Gasteiger partial charge is 0.490 e. The van der Waals surface area contributed by atoms with Gasteiger partial charge in [0.15, 0.2) is 0 Å².